The Hall–Kier alpha value is -0.0800. The van der Waals surface area contributed by atoms with Crippen LogP contribution in [-0.2, 0) is 4.74 Å². The SMILES string of the molecule is CCCC1CCC(NC(=NCC2(N(C)C)CCOCC2)NCC)CC1.I. The van der Waals surface area contributed by atoms with Gasteiger partial charge in [0.1, 0.15) is 0 Å². The summed E-state index contributed by atoms with van der Waals surface area (Å²) in [6.45, 7) is 7.89. The number of ether oxygens (including phenoxy) is 1. The van der Waals surface area contributed by atoms with Gasteiger partial charge in [-0.05, 0) is 65.5 Å². The number of aliphatic imine (C=N–C) groups is 1. The van der Waals surface area contributed by atoms with E-state index in [2.05, 4.69) is 43.5 Å². The van der Waals surface area contributed by atoms with Crippen LogP contribution in [0.5, 0.6) is 0 Å². The van der Waals surface area contributed by atoms with E-state index in [4.69, 9.17) is 9.73 Å². The van der Waals surface area contributed by atoms with Crippen LogP contribution in [0.25, 0.3) is 0 Å². The highest BCUT2D eigenvalue weighted by Gasteiger charge is 2.34. The number of hydrogen-bond acceptors (Lipinski definition) is 3. The van der Waals surface area contributed by atoms with Gasteiger partial charge in [-0.2, -0.15) is 0 Å². The Morgan fingerprint density at radius 2 is 1.77 bits per heavy atom. The molecule has 5 nitrogen and oxygen atoms in total. The summed E-state index contributed by atoms with van der Waals surface area (Å²) < 4.78 is 5.57. The van der Waals surface area contributed by atoms with Crippen molar-refractivity contribution in [3.05, 3.63) is 0 Å². The van der Waals surface area contributed by atoms with E-state index < -0.39 is 0 Å². The molecule has 0 amide bonds. The standard InChI is InChI=1S/C20H40N4O.HI/c1-5-7-17-8-10-18(11-9-17)23-19(21-6-2)22-16-20(24(3)4)12-14-25-15-13-20;/h17-18H,5-16H2,1-4H3,(H2,21,22,23);1H. The van der Waals surface area contributed by atoms with Gasteiger partial charge in [0.05, 0.1) is 6.54 Å². The fourth-order valence-electron chi connectivity index (χ4n) is 4.24. The van der Waals surface area contributed by atoms with E-state index in [1.54, 1.807) is 0 Å². The van der Waals surface area contributed by atoms with Crippen LogP contribution >= 0.6 is 24.0 Å². The molecule has 0 aromatic carbocycles. The normalized spacial score (nSPS) is 26.3. The van der Waals surface area contributed by atoms with E-state index >= 15 is 0 Å². The van der Waals surface area contributed by atoms with Crippen molar-refractivity contribution in [2.45, 2.75) is 76.8 Å². The molecule has 0 spiro atoms. The Morgan fingerprint density at radius 3 is 2.31 bits per heavy atom. The number of nitrogens with one attached hydrogen (secondary N) is 2. The van der Waals surface area contributed by atoms with Gasteiger partial charge >= 0.3 is 0 Å². The Bertz CT molecular complexity index is 403. The van der Waals surface area contributed by atoms with Crippen molar-refractivity contribution in [2.75, 3.05) is 40.4 Å². The lowest BCUT2D eigenvalue weighted by Crippen LogP contribution is -2.52. The number of halogens is 1. The molecule has 2 rings (SSSR count). The van der Waals surface area contributed by atoms with Crippen molar-refractivity contribution < 1.29 is 4.74 Å². The van der Waals surface area contributed by atoms with E-state index in [-0.39, 0.29) is 29.5 Å². The zero-order chi connectivity index (χ0) is 18.1. The van der Waals surface area contributed by atoms with Gasteiger partial charge in [0.15, 0.2) is 5.96 Å². The Morgan fingerprint density at radius 1 is 1.12 bits per heavy atom. The first-order valence-electron chi connectivity index (χ1n) is 10.4. The topological polar surface area (TPSA) is 48.9 Å². The number of hydrogen-bond donors (Lipinski definition) is 2. The fourth-order valence-corrected chi connectivity index (χ4v) is 4.24. The molecule has 0 radical (unpaired) electrons. The van der Waals surface area contributed by atoms with E-state index in [1.165, 1.54) is 38.5 Å². The molecule has 1 heterocycles. The third kappa shape index (κ3) is 7.15. The molecule has 2 aliphatic rings. The molecule has 2 fully saturated rings. The van der Waals surface area contributed by atoms with Crippen molar-refractivity contribution in [1.29, 1.82) is 0 Å². The highest BCUT2D eigenvalue weighted by atomic mass is 127. The lowest BCUT2D eigenvalue weighted by molar-refractivity contribution is -0.00255. The molecule has 1 saturated heterocycles. The molecular formula is C20H41IN4O. The molecule has 1 aliphatic heterocycles. The van der Waals surface area contributed by atoms with E-state index in [1.807, 2.05) is 0 Å². The molecule has 154 valence electrons. The van der Waals surface area contributed by atoms with Crippen molar-refractivity contribution in [2.24, 2.45) is 10.9 Å². The van der Waals surface area contributed by atoms with E-state index in [0.717, 1.165) is 51.0 Å². The molecule has 6 heteroatoms. The maximum atomic E-state index is 5.57. The second kappa shape index (κ2) is 12.4. The number of rotatable bonds is 7. The highest BCUT2D eigenvalue weighted by Crippen LogP contribution is 2.28. The van der Waals surface area contributed by atoms with Crippen molar-refractivity contribution in [1.82, 2.24) is 15.5 Å². The third-order valence-electron chi connectivity index (χ3n) is 6.13. The van der Waals surface area contributed by atoms with Crippen LogP contribution in [0, 0.1) is 5.92 Å². The first kappa shape index (κ1) is 24.0. The van der Waals surface area contributed by atoms with Gasteiger partial charge in [-0.15, -0.1) is 24.0 Å². The summed E-state index contributed by atoms with van der Waals surface area (Å²) in [4.78, 5) is 7.32. The molecule has 0 unspecified atom stereocenters. The van der Waals surface area contributed by atoms with Crippen LogP contribution in [0.15, 0.2) is 4.99 Å². The van der Waals surface area contributed by atoms with Gasteiger partial charge in [0, 0.05) is 31.3 Å². The van der Waals surface area contributed by atoms with Gasteiger partial charge in [-0.25, -0.2) is 0 Å². The second-order valence-electron chi connectivity index (χ2n) is 8.08. The van der Waals surface area contributed by atoms with Gasteiger partial charge in [0.2, 0.25) is 0 Å². The number of nitrogens with zero attached hydrogens (tertiary/aromatic N) is 2. The summed E-state index contributed by atoms with van der Waals surface area (Å²) in [6, 6.07) is 0.580. The molecular weight excluding hydrogens is 439 g/mol. The lowest BCUT2D eigenvalue weighted by Gasteiger charge is -2.41. The Kier molecular flexibility index (Phi) is 11.4. The molecule has 0 aromatic heterocycles. The predicted octanol–water partition coefficient (Wildman–Crippen LogP) is 3.63. The largest absolute Gasteiger partial charge is 0.381 e. The van der Waals surface area contributed by atoms with Gasteiger partial charge in [0.25, 0.3) is 0 Å². The number of likely N-dealkylation sites (N-methyl/N-ethyl adjacent to an activating group) is 1. The molecule has 1 aliphatic carbocycles. The second-order valence-corrected chi connectivity index (χ2v) is 8.08. The van der Waals surface area contributed by atoms with Crippen LogP contribution < -0.4 is 10.6 Å². The first-order valence-corrected chi connectivity index (χ1v) is 10.4. The zero-order valence-electron chi connectivity index (χ0n) is 17.4. The van der Waals surface area contributed by atoms with Gasteiger partial charge < -0.3 is 20.3 Å². The van der Waals surface area contributed by atoms with Crippen LogP contribution in [-0.4, -0.2) is 62.8 Å². The molecule has 1 saturated carbocycles. The van der Waals surface area contributed by atoms with Gasteiger partial charge in [-0.3, -0.25) is 4.99 Å². The summed E-state index contributed by atoms with van der Waals surface area (Å²) in [6.07, 6.45) is 10.1. The minimum Gasteiger partial charge on any atom is -0.381 e. The molecule has 0 aromatic rings. The molecule has 0 bridgehead atoms. The Balaban J connectivity index is 0.00000338. The average molecular weight is 480 g/mol. The molecule has 26 heavy (non-hydrogen) atoms. The molecule has 0 atom stereocenters. The summed E-state index contributed by atoms with van der Waals surface area (Å²) >= 11 is 0. The summed E-state index contributed by atoms with van der Waals surface area (Å²) in [5, 5.41) is 7.16. The predicted molar refractivity (Wildman–Crippen MR) is 122 cm³/mol. The van der Waals surface area contributed by atoms with Crippen molar-refractivity contribution >= 4 is 29.9 Å². The summed E-state index contributed by atoms with van der Waals surface area (Å²) in [7, 11) is 4.35. The quantitative estimate of drug-likeness (QED) is 0.332. The fraction of sp³-hybridized carbons (Fsp3) is 0.950. The lowest BCUT2D eigenvalue weighted by atomic mass is 9.83. The van der Waals surface area contributed by atoms with E-state index in [9.17, 15) is 0 Å². The smallest absolute Gasteiger partial charge is 0.191 e. The average Bonchev–Trinajstić information content (AvgIpc) is 2.62. The monoisotopic (exact) mass is 480 g/mol. The Labute approximate surface area is 178 Å². The van der Waals surface area contributed by atoms with E-state index in [0.29, 0.717) is 6.04 Å². The maximum absolute atomic E-state index is 5.57. The highest BCUT2D eigenvalue weighted by molar-refractivity contribution is 14.0. The van der Waals surface area contributed by atoms with Crippen LogP contribution in [0.2, 0.25) is 0 Å². The van der Waals surface area contributed by atoms with Crippen LogP contribution in [0.4, 0.5) is 0 Å². The van der Waals surface area contributed by atoms with Gasteiger partial charge in [-0.1, -0.05) is 19.8 Å². The third-order valence-corrected chi connectivity index (χ3v) is 6.13. The maximum Gasteiger partial charge on any atom is 0.191 e. The summed E-state index contributed by atoms with van der Waals surface area (Å²) in [5.41, 5.74) is 0.138. The minimum atomic E-state index is 0. The van der Waals surface area contributed by atoms with Crippen molar-refractivity contribution in [3.63, 3.8) is 0 Å². The number of guanidine groups is 1. The minimum absolute atomic E-state index is 0. The first-order chi connectivity index (χ1) is 12.1. The van der Waals surface area contributed by atoms with Crippen LogP contribution in [0.1, 0.15) is 65.2 Å². The van der Waals surface area contributed by atoms with Crippen molar-refractivity contribution in [3.8, 4) is 0 Å². The zero-order valence-corrected chi connectivity index (χ0v) is 19.7. The molecule has 2 N–H and O–H groups in total. The van der Waals surface area contributed by atoms with Crippen LogP contribution in [0.3, 0.4) is 0 Å². The summed E-state index contributed by atoms with van der Waals surface area (Å²) in [5.74, 6) is 1.94.